The van der Waals surface area contributed by atoms with Gasteiger partial charge in [-0.15, -0.1) is 0 Å². The average molecular weight is 269 g/mol. The summed E-state index contributed by atoms with van der Waals surface area (Å²) in [6.07, 6.45) is 4.62. The Kier molecular flexibility index (Phi) is 2.79. The number of carboxylic acid groups (broad SMARTS) is 1. The molecule has 0 atom stereocenters. The zero-order valence-corrected chi connectivity index (χ0v) is 10.6. The van der Waals surface area contributed by atoms with Crippen molar-refractivity contribution >= 4 is 17.4 Å². The van der Waals surface area contributed by atoms with Crippen LogP contribution in [0.15, 0.2) is 36.8 Å². The zero-order valence-electron chi connectivity index (χ0n) is 10.6. The lowest BCUT2D eigenvalue weighted by atomic mass is 10.2. The highest BCUT2D eigenvalue weighted by Gasteiger charge is 2.16. The minimum atomic E-state index is -1.05. The van der Waals surface area contributed by atoms with Crippen LogP contribution in [0.2, 0.25) is 0 Å². The minimum Gasteiger partial charge on any atom is -0.477 e. The maximum Gasteiger partial charge on any atom is 0.341 e. The van der Waals surface area contributed by atoms with Gasteiger partial charge in [0.2, 0.25) is 0 Å². The monoisotopic (exact) mass is 269 g/mol. The van der Waals surface area contributed by atoms with Crippen LogP contribution in [0.3, 0.4) is 0 Å². The summed E-state index contributed by atoms with van der Waals surface area (Å²) in [4.78, 5) is 19.5. The molecule has 7 heteroatoms. The van der Waals surface area contributed by atoms with E-state index in [1.807, 2.05) is 12.1 Å². The van der Waals surface area contributed by atoms with Gasteiger partial charge in [-0.1, -0.05) is 0 Å². The first-order valence-corrected chi connectivity index (χ1v) is 5.91. The Hall–Kier alpha value is -2.96. The van der Waals surface area contributed by atoms with Gasteiger partial charge in [0.1, 0.15) is 11.4 Å². The molecule has 0 aliphatic heterocycles. The van der Waals surface area contributed by atoms with E-state index in [1.54, 1.807) is 25.5 Å². The van der Waals surface area contributed by atoms with E-state index in [0.717, 1.165) is 5.56 Å². The first-order valence-electron chi connectivity index (χ1n) is 5.91. The molecule has 0 fully saturated rings. The fourth-order valence-corrected chi connectivity index (χ4v) is 1.96. The Morgan fingerprint density at radius 2 is 2.10 bits per heavy atom. The largest absolute Gasteiger partial charge is 0.477 e. The average Bonchev–Trinajstić information content (AvgIpc) is 2.91. The van der Waals surface area contributed by atoms with Gasteiger partial charge in [-0.25, -0.2) is 9.78 Å². The Morgan fingerprint density at radius 3 is 2.75 bits per heavy atom. The molecule has 2 N–H and O–H groups in total. The molecule has 0 amide bonds. The van der Waals surface area contributed by atoms with Crippen molar-refractivity contribution in [3.05, 3.63) is 42.4 Å². The number of fused-ring (bicyclic) bond motifs is 1. The van der Waals surface area contributed by atoms with Crippen LogP contribution in [0.25, 0.3) is 16.9 Å². The van der Waals surface area contributed by atoms with E-state index in [4.69, 9.17) is 0 Å². The number of anilines is 1. The normalized spacial score (nSPS) is 10.7. The van der Waals surface area contributed by atoms with Gasteiger partial charge in [0, 0.05) is 31.1 Å². The van der Waals surface area contributed by atoms with Gasteiger partial charge in [-0.05, 0) is 12.1 Å². The molecule has 0 aliphatic carbocycles. The number of nitrogens with one attached hydrogen (secondary N) is 1. The van der Waals surface area contributed by atoms with E-state index in [-0.39, 0.29) is 5.56 Å². The van der Waals surface area contributed by atoms with Crippen molar-refractivity contribution in [1.82, 2.24) is 19.6 Å². The molecule has 0 spiro atoms. The standard InChI is InChI=1S/C13H11N5O2/c1-14-11-6-10(8-2-4-15-5-3-8)17-12-9(13(19)20)7-16-18(11)12/h2-7,14H,1H3,(H,19,20). The van der Waals surface area contributed by atoms with E-state index < -0.39 is 5.97 Å². The number of hydrogen-bond acceptors (Lipinski definition) is 5. The van der Waals surface area contributed by atoms with Crippen LogP contribution in [-0.2, 0) is 0 Å². The van der Waals surface area contributed by atoms with Crippen molar-refractivity contribution in [3.63, 3.8) is 0 Å². The first-order chi connectivity index (χ1) is 9.70. The van der Waals surface area contributed by atoms with E-state index >= 15 is 0 Å². The molecular formula is C13H11N5O2. The summed E-state index contributed by atoms with van der Waals surface area (Å²) < 4.78 is 1.47. The molecule has 100 valence electrons. The van der Waals surface area contributed by atoms with E-state index in [0.29, 0.717) is 17.2 Å². The maximum atomic E-state index is 11.2. The number of carbonyl (C=O) groups is 1. The highest BCUT2D eigenvalue weighted by molar-refractivity contribution is 5.94. The molecule has 7 nitrogen and oxygen atoms in total. The molecule has 0 radical (unpaired) electrons. The number of pyridine rings is 1. The number of nitrogens with zero attached hydrogens (tertiary/aromatic N) is 4. The van der Waals surface area contributed by atoms with Crippen LogP contribution < -0.4 is 5.32 Å². The quantitative estimate of drug-likeness (QED) is 0.749. The number of aromatic nitrogens is 4. The van der Waals surface area contributed by atoms with Crippen LogP contribution in [0.5, 0.6) is 0 Å². The SMILES string of the molecule is CNc1cc(-c2ccncc2)nc2c(C(=O)O)cnn12. The van der Waals surface area contributed by atoms with Crippen molar-refractivity contribution in [2.45, 2.75) is 0 Å². The van der Waals surface area contributed by atoms with Crippen LogP contribution in [0.4, 0.5) is 5.82 Å². The Morgan fingerprint density at radius 1 is 1.35 bits per heavy atom. The zero-order chi connectivity index (χ0) is 14.1. The Labute approximate surface area is 113 Å². The van der Waals surface area contributed by atoms with Gasteiger partial charge in [-0.3, -0.25) is 4.98 Å². The number of carboxylic acids is 1. The molecule has 0 saturated carbocycles. The highest BCUT2D eigenvalue weighted by Crippen LogP contribution is 2.22. The van der Waals surface area contributed by atoms with E-state index in [1.165, 1.54) is 10.7 Å². The smallest absolute Gasteiger partial charge is 0.341 e. The summed E-state index contributed by atoms with van der Waals surface area (Å²) in [5.74, 6) is -0.393. The predicted octanol–water partition coefficient (Wildman–Crippen LogP) is 1.53. The molecule has 0 unspecified atom stereocenters. The molecule has 0 bridgehead atoms. The molecule has 3 heterocycles. The van der Waals surface area contributed by atoms with E-state index in [2.05, 4.69) is 20.4 Å². The van der Waals surface area contributed by atoms with Crippen molar-refractivity contribution in [2.24, 2.45) is 0 Å². The summed E-state index contributed by atoms with van der Waals surface area (Å²) in [7, 11) is 1.74. The topological polar surface area (TPSA) is 92.4 Å². The number of aromatic carboxylic acids is 1. The second-order valence-electron chi connectivity index (χ2n) is 4.11. The fraction of sp³-hybridized carbons (Fsp3) is 0.0769. The maximum absolute atomic E-state index is 11.2. The summed E-state index contributed by atoms with van der Waals surface area (Å²) >= 11 is 0. The van der Waals surface area contributed by atoms with Crippen molar-refractivity contribution in [1.29, 1.82) is 0 Å². The first kappa shape index (κ1) is 12.1. The number of rotatable bonds is 3. The molecule has 3 aromatic rings. The minimum absolute atomic E-state index is 0.0670. The third kappa shape index (κ3) is 1.85. The molecule has 3 rings (SSSR count). The van der Waals surface area contributed by atoms with Crippen LogP contribution in [-0.4, -0.2) is 37.7 Å². The van der Waals surface area contributed by atoms with Crippen LogP contribution in [0, 0.1) is 0 Å². The summed E-state index contributed by atoms with van der Waals surface area (Å²) in [5, 5.41) is 16.2. The van der Waals surface area contributed by atoms with E-state index in [9.17, 15) is 9.90 Å². The van der Waals surface area contributed by atoms with Crippen LogP contribution >= 0.6 is 0 Å². The fourth-order valence-electron chi connectivity index (χ4n) is 1.96. The molecular weight excluding hydrogens is 258 g/mol. The third-order valence-electron chi connectivity index (χ3n) is 2.93. The molecule has 0 saturated heterocycles. The Balaban J connectivity index is 2.30. The lowest BCUT2D eigenvalue weighted by Gasteiger charge is -2.07. The molecule has 20 heavy (non-hydrogen) atoms. The second-order valence-corrected chi connectivity index (χ2v) is 4.11. The van der Waals surface area contributed by atoms with Gasteiger partial charge >= 0.3 is 5.97 Å². The predicted molar refractivity (Wildman–Crippen MR) is 72.7 cm³/mol. The molecule has 3 aromatic heterocycles. The summed E-state index contributed by atoms with van der Waals surface area (Å²) in [6.45, 7) is 0. The number of hydrogen-bond donors (Lipinski definition) is 2. The van der Waals surface area contributed by atoms with Gasteiger partial charge < -0.3 is 10.4 Å². The van der Waals surface area contributed by atoms with Gasteiger partial charge in [0.15, 0.2) is 5.65 Å². The van der Waals surface area contributed by atoms with Crippen molar-refractivity contribution < 1.29 is 9.90 Å². The van der Waals surface area contributed by atoms with Gasteiger partial charge in [0.05, 0.1) is 11.9 Å². The summed E-state index contributed by atoms with van der Waals surface area (Å²) in [6, 6.07) is 5.44. The van der Waals surface area contributed by atoms with Gasteiger partial charge in [-0.2, -0.15) is 9.61 Å². The van der Waals surface area contributed by atoms with Crippen LogP contribution in [0.1, 0.15) is 10.4 Å². The van der Waals surface area contributed by atoms with Gasteiger partial charge in [0.25, 0.3) is 0 Å². The molecule has 0 aliphatic rings. The summed E-state index contributed by atoms with van der Waals surface area (Å²) in [5.41, 5.74) is 1.89. The van der Waals surface area contributed by atoms with Crippen molar-refractivity contribution in [3.8, 4) is 11.3 Å². The third-order valence-corrected chi connectivity index (χ3v) is 2.93. The second kappa shape index (κ2) is 4.61. The van der Waals surface area contributed by atoms with Crippen molar-refractivity contribution in [2.75, 3.05) is 12.4 Å². The highest BCUT2D eigenvalue weighted by atomic mass is 16.4. The Bertz CT molecular complexity index is 782. The lowest BCUT2D eigenvalue weighted by Crippen LogP contribution is -2.04. The lowest BCUT2D eigenvalue weighted by molar-refractivity contribution is 0.0699. The molecule has 0 aromatic carbocycles.